The van der Waals surface area contributed by atoms with Crippen molar-refractivity contribution in [1.82, 2.24) is 5.32 Å². The van der Waals surface area contributed by atoms with Crippen LogP contribution in [0.3, 0.4) is 0 Å². The van der Waals surface area contributed by atoms with E-state index in [4.69, 9.17) is 0 Å². The second-order valence-corrected chi connectivity index (χ2v) is 1.72. The van der Waals surface area contributed by atoms with Crippen LogP contribution < -0.4 is 5.32 Å². The van der Waals surface area contributed by atoms with Crippen LogP contribution in [-0.2, 0) is 14.3 Å². The highest BCUT2D eigenvalue weighted by Gasteiger charge is 1.94. The smallest absolute Gasteiger partial charge is 0.330 e. The Labute approximate surface area is 70.6 Å². The topological polar surface area (TPSA) is 55.4 Å². The van der Waals surface area contributed by atoms with Gasteiger partial charge in [-0.2, -0.15) is 0 Å². The molecule has 0 bridgehead atoms. The summed E-state index contributed by atoms with van der Waals surface area (Å²) in [7, 11) is 1.23. The molecule has 0 aromatic rings. The Balaban J connectivity index is 3.88. The molecule has 1 N–H and O–H groups in total. The maximum atomic E-state index is 10.7. The third-order valence-corrected chi connectivity index (χ3v) is 0.883. The summed E-state index contributed by atoms with van der Waals surface area (Å²) in [5.74, 6) is 1.44. The van der Waals surface area contributed by atoms with E-state index in [9.17, 15) is 9.59 Å². The number of carbonyl (C=O) groups is 2. The number of ether oxygens (including phenoxy) is 1. The molecule has 12 heavy (non-hydrogen) atoms. The molecule has 0 unspecified atom stereocenters. The van der Waals surface area contributed by atoms with Crippen LogP contribution in [0.5, 0.6) is 0 Å². The van der Waals surface area contributed by atoms with Gasteiger partial charge in [0.25, 0.3) is 5.91 Å². The highest BCUT2D eigenvalue weighted by Crippen LogP contribution is 1.77. The quantitative estimate of drug-likeness (QED) is 0.268. The third-order valence-electron chi connectivity index (χ3n) is 0.883. The molecule has 0 aromatic carbocycles. The normalized spacial score (nSPS) is 8.50. The number of nitrogens with one attached hydrogen (secondary N) is 1. The SMILES string of the molecule is CC#CNC(=O)/C=C/C(=O)OC. The molecule has 0 rings (SSSR count). The van der Waals surface area contributed by atoms with Crippen LogP contribution in [0.15, 0.2) is 12.2 Å². The molecular weight excluding hydrogens is 158 g/mol. The van der Waals surface area contributed by atoms with Crippen LogP contribution in [0.25, 0.3) is 0 Å². The van der Waals surface area contributed by atoms with E-state index in [0.717, 1.165) is 12.2 Å². The maximum absolute atomic E-state index is 10.7. The van der Waals surface area contributed by atoms with Crippen LogP contribution in [0.4, 0.5) is 0 Å². The van der Waals surface area contributed by atoms with Gasteiger partial charge < -0.3 is 4.74 Å². The largest absolute Gasteiger partial charge is 0.466 e. The lowest BCUT2D eigenvalue weighted by Gasteiger charge is -1.89. The van der Waals surface area contributed by atoms with Crippen LogP contribution in [-0.4, -0.2) is 19.0 Å². The zero-order valence-corrected chi connectivity index (χ0v) is 6.88. The Hall–Kier alpha value is -1.76. The second kappa shape index (κ2) is 5.98. The van der Waals surface area contributed by atoms with Crippen LogP contribution in [0.1, 0.15) is 6.92 Å². The molecular formula is C8H9NO3. The van der Waals surface area contributed by atoms with Gasteiger partial charge in [-0.25, -0.2) is 4.79 Å². The molecule has 64 valence electrons. The first-order valence-corrected chi connectivity index (χ1v) is 3.18. The molecule has 4 heteroatoms. The molecule has 0 heterocycles. The van der Waals surface area contributed by atoms with Crippen molar-refractivity contribution >= 4 is 11.9 Å². The first kappa shape index (κ1) is 10.2. The number of hydrogen-bond acceptors (Lipinski definition) is 3. The van der Waals surface area contributed by atoms with Crippen molar-refractivity contribution in [2.24, 2.45) is 0 Å². The summed E-state index contributed by atoms with van der Waals surface area (Å²) in [6.45, 7) is 1.59. The predicted octanol–water partition coefficient (Wildman–Crippen LogP) is -0.187. The van der Waals surface area contributed by atoms with Gasteiger partial charge in [0.05, 0.1) is 7.11 Å². The lowest BCUT2D eigenvalue weighted by molar-refractivity contribution is -0.135. The summed E-state index contributed by atoms with van der Waals surface area (Å²) < 4.78 is 4.26. The molecule has 0 spiro atoms. The average Bonchev–Trinajstić information content (AvgIpc) is 2.10. The molecule has 0 fully saturated rings. The van der Waals surface area contributed by atoms with E-state index >= 15 is 0 Å². The van der Waals surface area contributed by atoms with E-state index in [0.29, 0.717) is 0 Å². The number of methoxy groups -OCH3 is 1. The Bertz CT molecular complexity index is 257. The Morgan fingerprint density at radius 2 is 2.08 bits per heavy atom. The Morgan fingerprint density at radius 1 is 1.42 bits per heavy atom. The van der Waals surface area contributed by atoms with Gasteiger partial charge in [-0.3, -0.25) is 10.1 Å². The molecule has 0 atom stereocenters. The summed E-state index contributed by atoms with van der Waals surface area (Å²) >= 11 is 0. The summed E-state index contributed by atoms with van der Waals surface area (Å²) in [6.07, 6.45) is 2.07. The van der Waals surface area contributed by atoms with E-state index in [1.807, 2.05) is 0 Å². The van der Waals surface area contributed by atoms with Gasteiger partial charge in [0.15, 0.2) is 0 Å². The van der Waals surface area contributed by atoms with Crippen molar-refractivity contribution in [2.75, 3.05) is 7.11 Å². The van der Waals surface area contributed by atoms with Gasteiger partial charge in [-0.1, -0.05) is 5.92 Å². The van der Waals surface area contributed by atoms with Gasteiger partial charge in [0.2, 0.25) is 0 Å². The lowest BCUT2D eigenvalue weighted by atomic mass is 10.5. The fourth-order valence-corrected chi connectivity index (χ4v) is 0.378. The minimum atomic E-state index is -0.574. The zero-order valence-electron chi connectivity index (χ0n) is 6.88. The van der Waals surface area contributed by atoms with Crippen molar-refractivity contribution in [3.8, 4) is 12.0 Å². The number of hydrogen-bond donors (Lipinski definition) is 1. The van der Waals surface area contributed by atoms with Gasteiger partial charge in [-0.05, 0) is 6.92 Å². The van der Waals surface area contributed by atoms with E-state index < -0.39 is 11.9 Å². The molecule has 0 saturated carbocycles. The average molecular weight is 167 g/mol. The van der Waals surface area contributed by atoms with Gasteiger partial charge in [0.1, 0.15) is 0 Å². The Kier molecular flexibility index (Phi) is 5.11. The number of esters is 1. The molecule has 0 aromatic heterocycles. The maximum Gasteiger partial charge on any atom is 0.330 e. The number of amides is 1. The van der Waals surface area contributed by atoms with Crippen molar-refractivity contribution in [2.45, 2.75) is 6.92 Å². The molecule has 0 radical (unpaired) electrons. The minimum absolute atomic E-state index is 0.449. The molecule has 0 aliphatic carbocycles. The third kappa shape index (κ3) is 5.06. The summed E-state index contributed by atoms with van der Waals surface area (Å²) in [4.78, 5) is 21.2. The highest BCUT2D eigenvalue weighted by atomic mass is 16.5. The lowest BCUT2D eigenvalue weighted by Crippen LogP contribution is -2.14. The van der Waals surface area contributed by atoms with Gasteiger partial charge in [0, 0.05) is 18.2 Å². The molecule has 4 nitrogen and oxygen atoms in total. The standard InChI is InChI=1S/C8H9NO3/c1-3-6-9-7(10)4-5-8(11)12-2/h4-5H,1-2H3,(H,9,10)/b5-4+. The molecule has 0 saturated heterocycles. The Morgan fingerprint density at radius 3 is 2.58 bits per heavy atom. The summed E-state index contributed by atoms with van der Waals surface area (Å²) in [5.41, 5.74) is 0. The van der Waals surface area contributed by atoms with Crippen LogP contribution in [0, 0.1) is 12.0 Å². The van der Waals surface area contributed by atoms with Crippen molar-refractivity contribution in [1.29, 1.82) is 0 Å². The number of carbonyl (C=O) groups excluding carboxylic acids is 2. The first-order chi connectivity index (χ1) is 5.70. The van der Waals surface area contributed by atoms with E-state index in [1.54, 1.807) is 6.92 Å². The van der Waals surface area contributed by atoms with Crippen molar-refractivity contribution < 1.29 is 14.3 Å². The number of rotatable bonds is 2. The minimum Gasteiger partial charge on any atom is -0.466 e. The highest BCUT2D eigenvalue weighted by molar-refractivity contribution is 5.95. The van der Waals surface area contributed by atoms with E-state index in [-0.39, 0.29) is 0 Å². The van der Waals surface area contributed by atoms with E-state index in [2.05, 4.69) is 22.0 Å². The monoisotopic (exact) mass is 167 g/mol. The zero-order chi connectivity index (χ0) is 9.40. The van der Waals surface area contributed by atoms with Gasteiger partial charge in [-0.15, -0.1) is 0 Å². The van der Waals surface area contributed by atoms with E-state index in [1.165, 1.54) is 7.11 Å². The summed E-state index contributed by atoms with van der Waals surface area (Å²) in [5, 5.41) is 2.22. The molecule has 1 amide bonds. The van der Waals surface area contributed by atoms with Gasteiger partial charge >= 0.3 is 5.97 Å². The second-order valence-electron chi connectivity index (χ2n) is 1.72. The summed E-state index contributed by atoms with van der Waals surface area (Å²) in [6, 6.07) is 2.34. The fraction of sp³-hybridized carbons (Fsp3) is 0.250. The van der Waals surface area contributed by atoms with Crippen molar-refractivity contribution in [3.05, 3.63) is 12.2 Å². The molecule has 0 aliphatic rings. The predicted molar refractivity (Wildman–Crippen MR) is 42.7 cm³/mol. The van der Waals surface area contributed by atoms with Crippen LogP contribution in [0.2, 0.25) is 0 Å². The van der Waals surface area contributed by atoms with Crippen LogP contribution >= 0.6 is 0 Å². The molecule has 0 aliphatic heterocycles. The fourth-order valence-electron chi connectivity index (χ4n) is 0.378. The first-order valence-electron chi connectivity index (χ1n) is 3.18. The van der Waals surface area contributed by atoms with Crippen molar-refractivity contribution in [3.63, 3.8) is 0 Å².